The molecule has 3 nitrogen and oxygen atoms in total. The van der Waals surface area contributed by atoms with E-state index in [9.17, 15) is 0 Å². The second-order valence-electron chi connectivity index (χ2n) is 9.55. The number of unbranched alkanes of at least 4 members (excludes halogenated alkanes) is 3. The quantitative estimate of drug-likeness (QED) is 0.328. The second-order valence-corrected chi connectivity index (χ2v) is 22.6. The molecular formula is C25H44N2OSn. The van der Waals surface area contributed by atoms with Gasteiger partial charge in [-0.15, -0.1) is 0 Å². The molecule has 1 aromatic rings. The summed E-state index contributed by atoms with van der Waals surface area (Å²) in [5.74, 6) is 0. The van der Waals surface area contributed by atoms with Crippen molar-refractivity contribution in [1.82, 2.24) is 9.88 Å². The molecule has 2 aliphatic rings. The van der Waals surface area contributed by atoms with Crippen LogP contribution >= 0.6 is 0 Å². The van der Waals surface area contributed by atoms with Crippen LogP contribution in [0.4, 0.5) is 0 Å². The fourth-order valence-electron chi connectivity index (χ4n) is 5.53. The summed E-state index contributed by atoms with van der Waals surface area (Å²) in [6.07, 6.45) is 14.3. The molecule has 2 fully saturated rings. The minimum absolute atomic E-state index is 0.668. The SMILES string of the molecule is CCC[CH2][Sn]([CH2]CCC)([CH2]CCC)[c]1ccc(CCN2C3CCC2COC3)cn1. The van der Waals surface area contributed by atoms with Crippen LogP contribution in [0, 0.1) is 0 Å². The summed E-state index contributed by atoms with van der Waals surface area (Å²) in [7, 11) is 0. The standard InChI is InChI=1S/C13H17N2O.3C4H9.Sn/c1-2-11(8-14-6-1)5-7-15-12-3-4-13(15)10-16-9-12;3*1-3-4-2;/h1-2,8,12-13H,3-5,7,9-10H2;3*1,3-4H2,2H3;. The first kappa shape index (κ1) is 23.5. The summed E-state index contributed by atoms with van der Waals surface area (Å²) in [5, 5.41) is 0. The topological polar surface area (TPSA) is 25.4 Å². The molecule has 0 aliphatic carbocycles. The van der Waals surface area contributed by atoms with Gasteiger partial charge in [-0.05, 0) is 0 Å². The van der Waals surface area contributed by atoms with E-state index in [2.05, 4.69) is 44.0 Å². The number of pyridine rings is 1. The fourth-order valence-corrected chi connectivity index (χ4v) is 20.9. The van der Waals surface area contributed by atoms with Gasteiger partial charge in [-0.25, -0.2) is 0 Å². The Kier molecular flexibility index (Phi) is 9.77. The van der Waals surface area contributed by atoms with Crippen molar-refractivity contribution in [3.05, 3.63) is 23.9 Å². The number of hydrogen-bond donors (Lipinski definition) is 0. The Balaban J connectivity index is 1.66. The van der Waals surface area contributed by atoms with Gasteiger partial charge >= 0.3 is 184 Å². The van der Waals surface area contributed by atoms with Crippen molar-refractivity contribution in [3.63, 3.8) is 0 Å². The Labute approximate surface area is 183 Å². The van der Waals surface area contributed by atoms with E-state index in [1.807, 2.05) is 0 Å². The van der Waals surface area contributed by atoms with Gasteiger partial charge in [-0.2, -0.15) is 0 Å². The van der Waals surface area contributed by atoms with Crippen LogP contribution in [0.3, 0.4) is 0 Å². The predicted molar refractivity (Wildman–Crippen MR) is 127 cm³/mol. The Morgan fingerprint density at radius 1 is 0.931 bits per heavy atom. The molecule has 2 unspecified atom stereocenters. The van der Waals surface area contributed by atoms with E-state index in [0.29, 0.717) is 12.1 Å². The molecule has 4 heteroatoms. The van der Waals surface area contributed by atoms with Crippen LogP contribution in [0.15, 0.2) is 18.3 Å². The van der Waals surface area contributed by atoms with Gasteiger partial charge in [-0.3, -0.25) is 0 Å². The van der Waals surface area contributed by atoms with E-state index in [1.54, 1.807) is 3.71 Å². The monoisotopic (exact) mass is 508 g/mol. The molecule has 2 bridgehead atoms. The zero-order valence-electron chi connectivity index (χ0n) is 19.3. The Morgan fingerprint density at radius 3 is 2.00 bits per heavy atom. The summed E-state index contributed by atoms with van der Waals surface area (Å²) in [6, 6.07) is 6.24. The molecule has 2 atom stereocenters. The molecule has 2 saturated heterocycles. The third-order valence-corrected chi connectivity index (χ3v) is 22.6. The molecule has 3 heterocycles. The Morgan fingerprint density at radius 2 is 1.52 bits per heavy atom. The van der Waals surface area contributed by atoms with E-state index in [1.165, 1.54) is 76.8 Å². The average molecular weight is 507 g/mol. The van der Waals surface area contributed by atoms with Crippen molar-refractivity contribution in [2.75, 3.05) is 19.8 Å². The fraction of sp³-hybridized carbons (Fsp3) is 0.800. The Bertz CT molecular complexity index is 553. The van der Waals surface area contributed by atoms with Crippen LogP contribution in [0.2, 0.25) is 13.3 Å². The minimum atomic E-state index is -2.36. The molecule has 0 aromatic carbocycles. The van der Waals surface area contributed by atoms with E-state index >= 15 is 0 Å². The molecule has 3 rings (SSSR count). The zero-order chi connectivity index (χ0) is 20.5. The molecule has 0 radical (unpaired) electrons. The summed E-state index contributed by atoms with van der Waals surface area (Å²) < 4.78 is 11.8. The van der Waals surface area contributed by atoms with Crippen LogP contribution in [0.25, 0.3) is 0 Å². The van der Waals surface area contributed by atoms with Gasteiger partial charge in [0.05, 0.1) is 0 Å². The third-order valence-electron chi connectivity index (χ3n) is 7.45. The van der Waals surface area contributed by atoms with E-state index in [-0.39, 0.29) is 0 Å². The number of nitrogens with zero attached hydrogens (tertiary/aromatic N) is 2. The van der Waals surface area contributed by atoms with Gasteiger partial charge in [0.1, 0.15) is 0 Å². The second kappa shape index (κ2) is 12.0. The molecule has 1 aromatic heterocycles. The summed E-state index contributed by atoms with van der Waals surface area (Å²) in [4.78, 5) is 7.89. The zero-order valence-corrected chi connectivity index (χ0v) is 22.2. The van der Waals surface area contributed by atoms with Crippen molar-refractivity contribution in [2.45, 2.75) is 104 Å². The van der Waals surface area contributed by atoms with Crippen LogP contribution < -0.4 is 3.71 Å². The molecule has 0 saturated carbocycles. The first-order chi connectivity index (χ1) is 14.2. The van der Waals surface area contributed by atoms with Crippen molar-refractivity contribution in [1.29, 1.82) is 0 Å². The van der Waals surface area contributed by atoms with Crippen LogP contribution in [0.1, 0.15) is 77.7 Å². The Hall–Kier alpha value is -0.131. The van der Waals surface area contributed by atoms with Crippen LogP contribution in [-0.4, -0.2) is 60.1 Å². The van der Waals surface area contributed by atoms with Crippen LogP contribution in [-0.2, 0) is 11.2 Å². The summed E-state index contributed by atoms with van der Waals surface area (Å²) in [6.45, 7) is 10.1. The maximum absolute atomic E-state index is 5.74. The van der Waals surface area contributed by atoms with Gasteiger partial charge < -0.3 is 0 Å². The van der Waals surface area contributed by atoms with E-state index < -0.39 is 18.4 Å². The van der Waals surface area contributed by atoms with Crippen LogP contribution in [0.5, 0.6) is 0 Å². The van der Waals surface area contributed by atoms with Gasteiger partial charge in [-0.1, -0.05) is 0 Å². The number of hydrogen-bond acceptors (Lipinski definition) is 3. The molecule has 2 aliphatic heterocycles. The molecule has 164 valence electrons. The average Bonchev–Trinajstić information content (AvgIpc) is 2.98. The van der Waals surface area contributed by atoms with Crippen molar-refractivity contribution < 1.29 is 4.74 Å². The predicted octanol–water partition coefficient (Wildman–Crippen LogP) is 5.54. The number of ether oxygens (including phenoxy) is 1. The normalized spacial score (nSPS) is 22.3. The number of rotatable bonds is 13. The third kappa shape index (κ3) is 6.19. The van der Waals surface area contributed by atoms with Gasteiger partial charge in [0.25, 0.3) is 0 Å². The molecule has 29 heavy (non-hydrogen) atoms. The summed E-state index contributed by atoms with van der Waals surface area (Å²) in [5.41, 5.74) is 1.43. The number of fused-ring (bicyclic) bond motifs is 2. The maximum atomic E-state index is 5.74. The van der Waals surface area contributed by atoms with Crippen molar-refractivity contribution >= 4 is 22.1 Å². The first-order valence-electron chi connectivity index (χ1n) is 12.5. The molecule has 0 amide bonds. The summed E-state index contributed by atoms with van der Waals surface area (Å²) >= 11 is -2.36. The van der Waals surface area contributed by atoms with Crippen molar-refractivity contribution in [2.24, 2.45) is 0 Å². The number of aromatic nitrogens is 1. The molecule has 0 N–H and O–H groups in total. The first-order valence-corrected chi connectivity index (χ1v) is 20.0. The molecular weight excluding hydrogens is 463 g/mol. The molecule has 0 spiro atoms. The van der Waals surface area contributed by atoms with Crippen molar-refractivity contribution in [3.8, 4) is 0 Å². The van der Waals surface area contributed by atoms with Gasteiger partial charge in [0.15, 0.2) is 0 Å². The van der Waals surface area contributed by atoms with E-state index in [0.717, 1.165) is 19.6 Å². The van der Waals surface area contributed by atoms with Gasteiger partial charge in [0.2, 0.25) is 0 Å². The van der Waals surface area contributed by atoms with E-state index in [4.69, 9.17) is 9.72 Å². The van der Waals surface area contributed by atoms with Gasteiger partial charge in [0, 0.05) is 0 Å². The number of morpholine rings is 1.